The first-order chi connectivity index (χ1) is 17.7. The zero-order valence-electron chi connectivity index (χ0n) is 20.3. The summed E-state index contributed by atoms with van der Waals surface area (Å²) in [6.07, 6.45) is -0.335. The van der Waals surface area contributed by atoms with Crippen LogP contribution in [0.5, 0.6) is 5.75 Å². The molecular weight excluding hydrogens is 515 g/mol. The number of piperazine rings is 1. The third-order valence-corrected chi connectivity index (χ3v) is 7.80. The Labute approximate surface area is 221 Å². The van der Waals surface area contributed by atoms with Gasteiger partial charge in [-0.2, -0.15) is 8.42 Å². The van der Waals surface area contributed by atoms with E-state index in [2.05, 4.69) is 46.0 Å². The number of benzene rings is 3. The molecule has 1 saturated heterocycles. The van der Waals surface area contributed by atoms with Gasteiger partial charge in [0, 0.05) is 49.1 Å². The molecule has 194 valence electrons. The second kappa shape index (κ2) is 10.4. The van der Waals surface area contributed by atoms with Gasteiger partial charge >= 0.3 is 16.6 Å². The predicted octanol–water partition coefficient (Wildman–Crippen LogP) is 4.94. The quantitative estimate of drug-likeness (QED) is 0.351. The van der Waals surface area contributed by atoms with Crippen LogP contribution in [0.25, 0.3) is 11.1 Å². The molecule has 3 aromatic rings. The Morgan fingerprint density at radius 3 is 2.19 bits per heavy atom. The third kappa shape index (κ3) is 5.61. The monoisotopic (exact) mass is 542 g/mol. The van der Waals surface area contributed by atoms with E-state index in [-0.39, 0.29) is 24.4 Å². The highest BCUT2D eigenvalue weighted by atomic mass is 32.3. The van der Waals surface area contributed by atoms with Gasteiger partial charge in [-0.1, -0.05) is 52.4 Å². The fourth-order valence-electron chi connectivity index (χ4n) is 5.05. The summed E-state index contributed by atoms with van der Waals surface area (Å²) in [5.41, 5.74) is 5.90. The maximum Gasteiger partial charge on any atom is 0.488 e. The third-order valence-electron chi connectivity index (χ3n) is 6.95. The highest BCUT2D eigenvalue weighted by molar-refractivity contribution is 7.81. The minimum absolute atomic E-state index is 0.0131. The molecule has 1 heterocycles. The number of hydrogen-bond donors (Lipinski definition) is 1. The molecular formula is C27H27FN2O5S2. The Hall–Kier alpha value is -3.08. The van der Waals surface area contributed by atoms with Crippen molar-refractivity contribution in [2.24, 2.45) is 0 Å². The van der Waals surface area contributed by atoms with Gasteiger partial charge in [-0.25, -0.2) is 4.79 Å². The normalized spacial score (nSPS) is 15.8. The van der Waals surface area contributed by atoms with Gasteiger partial charge in [0.1, 0.15) is 12.4 Å². The average molecular weight is 543 g/mol. The molecule has 1 fully saturated rings. The minimum atomic E-state index is -5.13. The Kier molecular flexibility index (Phi) is 7.15. The smallest absolute Gasteiger partial charge is 0.448 e. The van der Waals surface area contributed by atoms with E-state index in [9.17, 15) is 17.1 Å². The van der Waals surface area contributed by atoms with E-state index in [1.807, 2.05) is 24.3 Å². The fourth-order valence-corrected chi connectivity index (χ4v) is 5.71. The molecule has 0 unspecified atom stereocenters. The van der Waals surface area contributed by atoms with E-state index < -0.39 is 10.5 Å². The van der Waals surface area contributed by atoms with E-state index in [4.69, 9.17) is 4.74 Å². The van der Waals surface area contributed by atoms with Gasteiger partial charge in [-0.3, -0.25) is 4.90 Å². The number of carbonyl (C=O) groups excluding carboxylic acids is 1. The molecule has 1 aliphatic heterocycles. The predicted molar refractivity (Wildman–Crippen MR) is 141 cm³/mol. The van der Waals surface area contributed by atoms with Crippen molar-refractivity contribution < 1.29 is 26.0 Å². The summed E-state index contributed by atoms with van der Waals surface area (Å²) >= 11 is 4.36. The summed E-state index contributed by atoms with van der Waals surface area (Å²) in [7, 11) is -5.13. The second-order valence-electron chi connectivity index (χ2n) is 9.28. The molecule has 0 bridgehead atoms. The minimum Gasteiger partial charge on any atom is -0.448 e. The van der Waals surface area contributed by atoms with Crippen LogP contribution in [0.3, 0.4) is 0 Å². The van der Waals surface area contributed by atoms with Crippen molar-refractivity contribution in [1.29, 1.82) is 0 Å². The number of halogens is 1. The van der Waals surface area contributed by atoms with Gasteiger partial charge < -0.3 is 13.8 Å². The highest BCUT2D eigenvalue weighted by Crippen LogP contribution is 2.44. The summed E-state index contributed by atoms with van der Waals surface area (Å²) in [5.74, 6) is -0.0681. The number of thiol groups is 1. The van der Waals surface area contributed by atoms with Crippen molar-refractivity contribution in [2.45, 2.75) is 24.3 Å². The molecule has 0 radical (unpaired) electrons. The average Bonchev–Trinajstić information content (AvgIpc) is 3.19. The summed E-state index contributed by atoms with van der Waals surface area (Å²) < 4.78 is 45.2. The molecule has 7 nitrogen and oxygen atoms in total. The van der Waals surface area contributed by atoms with E-state index >= 15 is 0 Å². The van der Waals surface area contributed by atoms with Crippen LogP contribution < -0.4 is 4.18 Å². The number of carbonyl (C=O) groups is 1. The summed E-state index contributed by atoms with van der Waals surface area (Å²) in [6.45, 7) is 4.59. The molecule has 0 N–H and O–H groups in total. The van der Waals surface area contributed by atoms with Crippen LogP contribution in [0.2, 0.25) is 0 Å². The Morgan fingerprint density at radius 1 is 1.00 bits per heavy atom. The van der Waals surface area contributed by atoms with E-state index in [1.165, 1.54) is 28.3 Å². The van der Waals surface area contributed by atoms with Crippen LogP contribution in [0.4, 0.5) is 8.68 Å². The lowest BCUT2D eigenvalue weighted by Crippen LogP contribution is -2.48. The Morgan fingerprint density at radius 2 is 1.59 bits per heavy atom. The van der Waals surface area contributed by atoms with E-state index in [1.54, 1.807) is 17.9 Å². The molecule has 0 saturated carbocycles. The van der Waals surface area contributed by atoms with Crippen molar-refractivity contribution in [3.8, 4) is 16.9 Å². The van der Waals surface area contributed by atoms with Gasteiger partial charge in [-0.05, 0) is 46.9 Å². The van der Waals surface area contributed by atoms with Crippen LogP contribution in [-0.4, -0.2) is 57.1 Å². The summed E-state index contributed by atoms with van der Waals surface area (Å²) in [5, 5.41) is 0. The first-order valence-corrected chi connectivity index (χ1v) is 13.7. The Balaban J connectivity index is 1.17. The van der Waals surface area contributed by atoms with Gasteiger partial charge in [0.15, 0.2) is 0 Å². The van der Waals surface area contributed by atoms with E-state index in [0.717, 1.165) is 5.56 Å². The lowest BCUT2D eigenvalue weighted by molar-refractivity contribution is 0.0728. The number of nitrogens with zero attached hydrogens (tertiary/aromatic N) is 2. The molecule has 0 spiro atoms. The largest absolute Gasteiger partial charge is 0.488 e. The molecule has 3 aromatic carbocycles. The van der Waals surface area contributed by atoms with Crippen molar-refractivity contribution in [1.82, 2.24) is 9.80 Å². The van der Waals surface area contributed by atoms with Gasteiger partial charge in [-0.15, -0.1) is 12.6 Å². The van der Waals surface area contributed by atoms with Crippen LogP contribution in [-0.2, 0) is 21.8 Å². The van der Waals surface area contributed by atoms with Crippen molar-refractivity contribution in [3.05, 3.63) is 82.9 Å². The van der Waals surface area contributed by atoms with Crippen LogP contribution in [0.1, 0.15) is 28.2 Å². The molecule has 5 rings (SSSR count). The van der Waals surface area contributed by atoms with Crippen LogP contribution in [0, 0.1) is 6.92 Å². The van der Waals surface area contributed by atoms with Crippen molar-refractivity contribution in [2.75, 3.05) is 32.8 Å². The Bertz CT molecular complexity index is 1390. The number of rotatable bonds is 6. The first kappa shape index (κ1) is 25.6. The number of ether oxygens (including phenoxy) is 1. The SMILES string of the molecule is Cc1c(S)cc(CN2CCN(C(=O)OCC3c4ccccc4-c4ccccc43)CC2)cc1OS(=O)(=O)F. The molecule has 0 aromatic heterocycles. The number of fused-ring (bicyclic) bond motifs is 3. The molecule has 1 amide bonds. The molecule has 10 heteroatoms. The zero-order valence-corrected chi connectivity index (χ0v) is 22.0. The van der Waals surface area contributed by atoms with Crippen molar-refractivity contribution in [3.63, 3.8) is 0 Å². The fraction of sp³-hybridized carbons (Fsp3) is 0.296. The van der Waals surface area contributed by atoms with Crippen LogP contribution >= 0.6 is 12.6 Å². The molecule has 1 aliphatic carbocycles. The first-order valence-electron chi connectivity index (χ1n) is 12.0. The van der Waals surface area contributed by atoms with Gasteiger partial charge in [0.2, 0.25) is 0 Å². The number of amides is 1. The zero-order chi connectivity index (χ0) is 26.2. The lowest BCUT2D eigenvalue weighted by Gasteiger charge is -2.34. The summed E-state index contributed by atoms with van der Waals surface area (Å²) in [4.78, 5) is 17.2. The highest BCUT2D eigenvalue weighted by Gasteiger charge is 2.30. The topological polar surface area (TPSA) is 76.2 Å². The maximum absolute atomic E-state index is 13.1. The van der Waals surface area contributed by atoms with Crippen LogP contribution in [0.15, 0.2) is 65.6 Å². The van der Waals surface area contributed by atoms with E-state index in [0.29, 0.717) is 43.2 Å². The van der Waals surface area contributed by atoms with Crippen molar-refractivity contribution >= 4 is 29.2 Å². The lowest BCUT2D eigenvalue weighted by atomic mass is 9.98. The maximum atomic E-state index is 13.1. The van der Waals surface area contributed by atoms with Gasteiger partial charge in [0.25, 0.3) is 0 Å². The number of hydrogen-bond acceptors (Lipinski definition) is 7. The molecule has 0 atom stereocenters. The van der Waals surface area contributed by atoms with Gasteiger partial charge in [0.05, 0.1) is 0 Å². The second-order valence-corrected chi connectivity index (χ2v) is 10.7. The molecule has 37 heavy (non-hydrogen) atoms. The standard InChI is InChI=1S/C27H27FN2O5S2/c1-18-25(35-37(28,32)33)14-19(15-26(18)36)16-29-10-12-30(13-11-29)27(31)34-17-24-22-8-4-2-6-20(22)21-7-3-5-9-23(21)24/h2-9,14-15,24,36H,10-13,16-17H2,1H3. The molecule has 2 aliphatic rings. The summed E-state index contributed by atoms with van der Waals surface area (Å²) in [6, 6.07) is 19.8.